The third-order valence-corrected chi connectivity index (χ3v) is 4.79. The second-order valence-corrected chi connectivity index (χ2v) is 6.90. The van der Waals surface area contributed by atoms with E-state index >= 15 is 0 Å². The first kappa shape index (κ1) is 15.7. The number of anilines is 2. The Morgan fingerprint density at radius 1 is 1.20 bits per heavy atom. The number of nitrogens with zero attached hydrogens (tertiary/aromatic N) is 6. The standard InChI is InChI=1S/C16H17N7OS/c1-10-5-11(2)23(21-10)14-6-13(18-9-19-14)22-7-12(8-22)15(24)20-16-17-3-4-25-16/h3-6,9,12H,7-8H2,1-2H3,(H,17,20,24). The van der Waals surface area contributed by atoms with Crippen molar-refractivity contribution in [2.24, 2.45) is 5.92 Å². The number of amides is 1. The quantitative estimate of drug-likeness (QED) is 0.768. The number of thiazole rings is 1. The first-order valence-corrected chi connectivity index (χ1v) is 8.79. The maximum Gasteiger partial charge on any atom is 0.232 e. The average molecular weight is 355 g/mol. The predicted molar refractivity (Wildman–Crippen MR) is 95.1 cm³/mol. The minimum Gasteiger partial charge on any atom is -0.355 e. The highest BCUT2D eigenvalue weighted by Crippen LogP contribution is 2.25. The summed E-state index contributed by atoms with van der Waals surface area (Å²) < 4.78 is 1.80. The molecule has 9 heteroatoms. The largest absolute Gasteiger partial charge is 0.355 e. The lowest BCUT2D eigenvalue weighted by atomic mass is 9.99. The van der Waals surface area contributed by atoms with Crippen LogP contribution < -0.4 is 10.2 Å². The molecule has 1 saturated heterocycles. The molecule has 1 aliphatic heterocycles. The number of carbonyl (C=O) groups excluding carboxylic acids is 1. The molecule has 0 radical (unpaired) electrons. The third-order valence-electron chi connectivity index (χ3n) is 4.10. The lowest BCUT2D eigenvalue weighted by Crippen LogP contribution is -2.52. The number of hydrogen-bond donors (Lipinski definition) is 1. The average Bonchev–Trinajstić information content (AvgIpc) is 3.15. The summed E-state index contributed by atoms with van der Waals surface area (Å²) in [4.78, 5) is 26.9. The van der Waals surface area contributed by atoms with E-state index in [1.165, 1.54) is 17.7 Å². The molecule has 0 bridgehead atoms. The van der Waals surface area contributed by atoms with E-state index in [-0.39, 0.29) is 11.8 Å². The summed E-state index contributed by atoms with van der Waals surface area (Å²) in [6.07, 6.45) is 3.21. The van der Waals surface area contributed by atoms with E-state index in [9.17, 15) is 4.79 Å². The van der Waals surface area contributed by atoms with Gasteiger partial charge in [-0.2, -0.15) is 5.10 Å². The van der Waals surface area contributed by atoms with Gasteiger partial charge in [-0.05, 0) is 19.9 Å². The van der Waals surface area contributed by atoms with E-state index in [0.717, 1.165) is 23.0 Å². The summed E-state index contributed by atoms with van der Waals surface area (Å²) in [5, 5.41) is 9.76. The van der Waals surface area contributed by atoms with E-state index in [1.54, 1.807) is 10.9 Å². The molecule has 3 aromatic rings. The van der Waals surface area contributed by atoms with Crippen molar-refractivity contribution in [3.63, 3.8) is 0 Å². The van der Waals surface area contributed by atoms with Crippen molar-refractivity contribution in [3.05, 3.63) is 41.4 Å². The SMILES string of the molecule is Cc1cc(C)n(-c2cc(N3CC(C(=O)Nc4nccs4)C3)ncn2)n1. The van der Waals surface area contributed by atoms with Crippen LogP contribution in [0.3, 0.4) is 0 Å². The second kappa shape index (κ2) is 6.25. The molecule has 25 heavy (non-hydrogen) atoms. The fourth-order valence-corrected chi connectivity index (χ4v) is 3.34. The highest BCUT2D eigenvalue weighted by molar-refractivity contribution is 7.13. The molecular weight excluding hydrogens is 338 g/mol. The molecule has 128 valence electrons. The Kier molecular flexibility index (Phi) is 3.92. The first-order chi connectivity index (χ1) is 12.1. The van der Waals surface area contributed by atoms with Gasteiger partial charge in [-0.1, -0.05) is 0 Å². The van der Waals surface area contributed by atoms with Gasteiger partial charge in [0.2, 0.25) is 5.91 Å². The van der Waals surface area contributed by atoms with Gasteiger partial charge in [0.1, 0.15) is 12.1 Å². The summed E-state index contributed by atoms with van der Waals surface area (Å²) in [7, 11) is 0. The van der Waals surface area contributed by atoms with Gasteiger partial charge in [0.15, 0.2) is 10.9 Å². The smallest absolute Gasteiger partial charge is 0.232 e. The zero-order valence-corrected chi connectivity index (χ0v) is 14.7. The van der Waals surface area contributed by atoms with Crippen LogP contribution in [-0.2, 0) is 4.79 Å². The number of hydrogen-bond acceptors (Lipinski definition) is 7. The van der Waals surface area contributed by atoms with Crippen molar-refractivity contribution in [1.29, 1.82) is 0 Å². The molecule has 0 saturated carbocycles. The van der Waals surface area contributed by atoms with Crippen molar-refractivity contribution < 1.29 is 4.79 Å². The summed E-state index contributed by atoms with van der Waals surface area (Å²) in [5.74, 6) is 1.47. The van der Waals surface area contributed by atoms with Crippen molar-refractivity contribution in [1.82, 2.24) is 24.7 Å². The van der Waals surface area contributed by atoms with E-state index < -0.39 is 0 Å². The normalized spacial score (nSPS) is 14.4. The molecule has 1 amide bonds. The molecule has 0 spiro atoms. The Morgan fingerprint density at radius 3 is 2.68 bits per heavy atom. The summed E-state index contributed by atoms with van der Waals surface area (Å²) in [5.41, 5.74) is 1.96. The van der Waals surface area contributed by atoms with E-state index in [4.69, 9.17) is 0 Å². The fourth-order valence-electron chi connectivity index (χ4n) is 2.81. The van der Waals surface area contributed by atoms with Crippen molar-refractivity contribution >= 4 is 28.2 Å². The molecule has 0 aliphatic carbocycles. The van der Waals surface area contributed by atoms with Crippen LogP contribution in [-0.4, -0.2) is 43.7 Å². The van der Waals surface area contributed by atoms with Gasteiger partial charge in [-0.15, -0.1) is 11.3 Å². The van der Waals surface area contributed by atoms with Crippen LogP contribution in [0.15, 0.2) is 30.0 Å². The number of aryl methyl sites for hydroxylation is 2. The van der Waals surface area contributed by atoms with E-state index in [2.05, 4.69) is 30.3 Å². The summed E-state index contributed by atoms with van der Waals surface area (Å²) in [6.45, 7) is 5.20. The highest BCUT2D eigenvalue weighted by Gasteiger charge is 2.34. The number of nitrogens with one attached hydrogen (secondary N) is 1. The second-order valence-electron chi connectivity index (χ2n) is 6.00. The van der Waals surface area contributed by atoms with Gasteiger partial charge in [0.25, 0.3) is 0 Å². The van der Waals surface area contributed by atoms with Crippen molar-refractivity contribution in [3.8, 4) is 5.82 Å². The van der Waals surface area contributed by atoms with Crippen LogP contribution >= 0.6 is 11.3 Å². The molecular formula is C16H17N7OS. The molecule has 4 heterocycles. The van der Waals surface area contributed by atoms with Crippen molar-refractivity contribution in [2.45, 2.75) is 13.8 Å². The minimum atomic E-state index is -0.0593. The monoisotopic (exact) mass is 355 g/mol. The summed E-state index contributed by atoms with van der Waals surface area (Å²) >= 11 is 1.42. The maximum atomic E-state index is 12.2. The predicted octanol–water partition coefficient (Wildman–Crippen LogP) is 1.81. The van der Waals surface area contributed by atoms with Crippen LogP contribution in [0.1, 0.15) is 11.4 Å². The van der Waals surface area contributed by atoms with Crippen LogP contribution in [0, 0.1) is 19.8 Å². The Labute approximate surface area is 148 Å². The summed E-state index contributed by atoms with van der Waals surface area (Å²) in [6, 6.07) is 3.90. The zero-order chi connectivity index (χ0) is 17.4. The Bertz CT molecular complexity index is 899. The van der Waals surface area contributed by atoms with E-state index in [0.29, 0.717) is 18.2 Å². The highest BCUT2D eigenvalue weighted by atomic mass is 32.1. The Hall–Kier alpha value is -2.81. The van der Waals surface area contributed by atoms with E-state index in [1.807, 2.05) is 31.4 Å². The van der Waals surface area contributed by atoms with Crippen LogP contribution in [0.5, 0.6) is 0 Å². The van der Waals surface area contributed by atoms with Gasteiger partial charge in [0.05, 0.1) is 11.6 Å². The first-order valence-electron chi connectivity index (χ1n) is 7.91. The fraction of sp³-hybridized carbons (Fsp3) is 0.312. The van der Waals surface area contributed by atoms with Gasteiger partial charge in [-0.3, -0.25) is 4.79 Å². The third kappa shape index (κ3) is 3.10. The molecule has 0 atom stereocenters. The molecule has 1 aliphatic rings. The maximum absolute atomic E-state index is 12.2. The number of aromatic nitrogens is 5. The van der Waals surface area contributed by atoms with Gasteiger partial charge in [-0.25, -0.2) is 19.6 Å². The van der Waals surface area contributed by atoms with Gasteiger partial charge >= 0.3 is 0 Å². The molecule has 1 N–H and O–H groups in total. The lowest BCUT2D eigenvalue weighted by molar-refractivity contribution is -0.120. The van der Waals surface area contributed by atoms with Crippen LogP contribution in [0.2, 0.25) is 0 Å². The minimum absolute atomic E-state index is 0.000903. The zero-order valence-electron chi connectivity index (χ0n) is 13.9. The van der Waals surface area contributed by atoms with Crippen LogP contribution in [0.4, 0.5) is 10.9 Å². The van der Waals surface area contributed by atoms with Crippen LogP contribution in [0.25, 0.3) is 5.82 Å². The number of rotatable bonds is 4. The molecule has 0 aromatic carbocycles. The van der Waals surface area contributed by atoms with Crippen molar-refractivity contribution in [2.75, 3.05) is 23.3 Å². The Morgan fingerprint density at radius 2 is 2.00 bits per heavy atom. The Balaban J connectivity index is 1.43. The molecule has 0 unspecified atom stereocenters. The molecule has 4 rings (SSSR count). The number of carbonyl (C=O) groups is 1. The molecule has 1 fully saturated rings. The lowest BCUT2D eigenvalue weighted by Gasteiger charge is -2.38. The topological polar surface area (TPSA) is 88.8 Å². The van der Waals surface area contributed by atoms with Gasteiger partial charge < -0.3 is 10.2 Å². The molecule has 3 aromatic heterocycles. The van der Waals surface area contributed by atoms with Gasteiger partial charge in [0, 0.05) is 36.4 Å². The molecule has 8 nitrogen and oxygen atoms in total.